The molecule has 156 valence electrons. The minimum atomic E-state index is -4.83. The van der Waals surface area contributed by atoms with E-state index in [1.165, 1.54) is 17.0 Å². The lowest BCUT2D eigenvalue weighted by molar-refractivity contribution is -0.138. The first-order chi connectivity index (χ1) is 13.8. The average molecular weight is 412 g/mol. The van der Waals surface area contributed by atoms with Crippen LogP contribution in [0.1, 0.15) is 29.5 Å². The summed E-state index contributed by atoms with van der Waals surface area (Å²) in [5.74, 6) is -0.157. The molecule has 2 aliphatic rings. The first-order valence-electron chi connectivity index (χ1n) is 9.37. The highest BCUT2D eigenvalue weighted by Crippen LogP contribution is 2.38. The van der Waals surface area contributed by atoms with Crippen molar-refractivity contribution in [3.8, 4) is 5.75 Å². The van der Waals surface area contributed by atoms with Crippen LogP contribution in [0.25, 0.3) is 0 Å². The van der Waals surface area contributed by atoms with Crippen LogP contribution in [0, 0.1) is 11.7 Å². The van der Waals surface area contributed by atoms with Gasteiger partial charge in [-0.05, 0) is 42.6 Å². The van der Waals surface area contributed by atoms with Gasteiger partial charge in [0.15, 0.2) is 11.6 Å². The van der Waals surface area contributed by atoms with Gasteiger partial charge in [-0.1, -0.05) is 0 Å². The van der Waals surface area contributed by atoms with Crippen molar-refractivity contribution in [3.63, 3.8) is 0 Å². The van der Waals surface area contributed by atoms with Crippen LogP contribution in [0.5, 0.6) is 5.75 Å². The number of rotatable bonds is 4. The van der Waals surface area contributed by atoms with E-state index in [-0.39, 0.29) is 24.5 Å². The number of nitrogens with zero attached hydrogens (tertiary/aromatic N) is 2. The van der Waals surface area contributed by atoms with E-state index < -0.39 is 23.1 Å². The number of anilines is 1. The molecule has 0 spiro atoms. The molecule has 1 saturated heterocycles. The smallest absolute Gasteiger partial charge is 0.423 e. The molecule has 3 heterocycles. The number of fused-ring (bicyclic) bond motifs is 1. The summed E-state index contributed by atoms with van der Waals surface area (Å²) in [6.45, 7) is 2.31. The van der Waals surface area contributed by atoms with Crippen LogP contribution in [-0.4, -0.2) is 29.9 Å². The van der Waals surface area contributed by atoms with E-state index in [9.17, 15) is 22.4 Å². The highest BCUT2D eigenvalue weighted by Gasteiger charge is 2.39. The Labute approximate surface area is 163 Å². The zero-order valence-corrected chi connectivity index (χ0v) is 15.5. The topological polar surface area (TPSA) is 70.2 Å². The first-order valence-corrected chi connectivity index (χ1v) is 9.37. The highest BCUT2D eigenvalue weighted by atomic mass is 19.4. The molecule has 0 bridgehead atoms. The molecule has 6 nitrogen and oxygen atoms in total. The van der Waals surface area contributed by atoms with Crippen molar-refractivity contribution in [2.75, 3.05) is 24.6 Å². The van der Waals surface area contributed by atoms with Gasteiger partial charge in [-0.25, -0.2) is 9.49 Å². The quantitative estimate of drug-likeness (QED) is 0.756. The number of benzene rings is 1. The van der Waals surface area contributed by atoms with Gasteiger partial charge in [-0.15, -0.1) is 0 Å². The first kappa shape index (κ1) is 19.7. The maximum absolute atomic E-state index is 14.5. The number of piperidine rings is 1. The SMILES string of the molecule is O=c1[nH]ncc(N2Cc3cc(F)c(OCC4CCCNC4)cc3C2)c1C(F)(F)F. The Bertz CT molecular complexity index is 954. The molecule has 0 aliphatic carbocycles. The second kappa shape index (κ2) is 7.66. The lowest BCUT2D eigenvalue weighted by Gasteiger charge is -2.23. The number of H-pyrrole nitrogens is 1. The van der Waals surface area contributed by atoms with E-state index >= 15 is 0 Å². The second-order valence-corrected chi connectivity index (χ2v) is 7.39. The summed E-state index contributed by atoms with van der Waals surface area (Å²) in [6.07, 6.45) is -1.81. The summed E-state index contributed by atoms with van der Waals surface area (Å²) in [7, 11) is 0. The number of aromatic nitrogens is 2. The standard InChI is InChI=1S/C19H20F4N4O2/c20-14-4-12-8-27(15-7-25-26-18(28)17(15)19(21,22)23)9-13(12)5-16(14)29-10-11-2-1-3-24-6-11/h4-5,7,11,24H,1-3,6,8-10H2,(H,26,28). The molecule has 2 aliphatic heterocycles. The van der Waals surface area contributed by atoms with Crippen molar-refractivity contribution in [1.29, 1.82) is 0 Å². The van der Waals surface area contributed by atoms with E-state index in [0.29, 0.717) is 23.7 Å². The molecule has 1 aromatic heterocycles. The summed E-state index contributed by atoms with van der Waals surface area (Å²) >= 11 is 0. The molecule has 2 N–H and O–H groups in total. The molecule has 0 amide bonds. The average Bonchev–Trinajstić information content (AvgIpc) is 3.08. The molecule has 1 aromatic carbocycles. The maximum Gasteiger partial charge on any atom is 0.423 e. The van der Waals surface area contributed by atoms with E-state index in [1.54, 1.807) is 0 Å². The van der Waals surface area contributed by atoms with E-state index in [1.807, 2.05) is 5.10 Å². The second-order valence-electron chi connectivity index (χ2n) is 7.39. The molecule has 1 atom stereocenters. The minimum Gasteiger partial charge on any atom is -0.490 e. The Kier molecular flexibility index (Phi) is 5.20. The molecule has 10 heteroatoms. The van der Waals surface area contributed by atoms with Gasteiger partial charge in [0.25, 0.3) is 5.56 Å². The zero-order chi connectivity index (χ0) is 20.6. The van der Waals surface area contributed by atoms with Crippen molar-refractivity contribution in [2.45, 2.75) is 32.1 Å². The Morgan fingerprint density at radius 2 is 2.00 bits per heavy atom. The number of aromatic amines is 1. The normalized spacial score (nSPS) is 19.3. The number of hydrogen-bond acceptors (Lipinski definition) is 5. The Hall–Kier alpha value is -2.62. The monoisotopic (exact) mass is 412 g/mol. The minimum absolute atomic E-state index is 0.0489. The summed E-state index contributed by atoms with van der Waals surface area (Å²) < 4.78 is 60.1. The van der Waals surface area contributed by atoms with Gasteiger partial charge >= 0.3 is 6.18 Å². The summed E-state index contributed by atoms with van der Waals surface area (Å²) in [5.41, 5.74) is -1.71. The van der Waals surface area contributed by atoms with Crippen LogP contribution < -0.4 is 20.5 Å². The predicted octanol–water partition coefficient (Wildman–Crippen LogP) is 2.83. The molecular formula is C19H20F4N4O2. The molecule has 1 fully saturated rings. The zero-order valence-electron chi connectivity index (χ0n) is 15.5. The third-order valence-corrected chi connectivity index (χ3v) is 5.31. The molecule has 4 rings (SSSR count). The Morgan fingerprint density at radius 1 is 1.24 bits per heavy atom. The van der Waals surface area contributed by atoms with Gasteiger partial charge in [0, 0.05) is 25.6 Å². The van der Waals surface area contributed by atoms with Crippen molar-refractivity contribution < 1.29 is 22.3 Å². The van der Waals surface area contributed by atoms with E-state index in [0.717, 1.165) is 32.1 Å². The molecule has 2 aromatic rings. The third kappa shape index (κ3) is 4.07. The molecular weight excluding hydrogens is 392 g/mol. The summed E-state index contributed by atoms with van der Waals surface area (Å²) in [6, 6.07) is 2.83. The molecule has 0 saturated carbocycles. The molecule has 1 unspecified atom stereocenters. The largest absolute Gasteiger partial charge is 0.490 e. The lowest BCUT2D eigenvalue weighted by atomic mass is 10.0. The van der Waals surface area contributed by atoms with Gasteiger partial charge in [-0.2, -0.15) is 18.3 Å². The summed E-state index contributed by atoms with van der Waals surface area (Å²) in [4.78, 5) is 13.1. The van der Waals surface area contributed by atoms with Crippen LogP contribution >= 0.6 is 0 Å². The van der Waals surface area contributed by atoms with Gasteiger partial charge in [0.05, 0.1) is 18.5 Å². The fraction of sp³-hybridized carbons (Fsp3) is 0.474. The highest BCUT2D eigenvalue weighted by molar-refractivity contribution is 5.57. The predicted molar refractivity (Wildman–Crippen MR) is 97.2 cm³/mol. The van der Waals surface area contributed by atoms with Crippen LogP contribution in [0.4, 0.5) is 23.2 Å². The van der Waals surface area contributed by atoms with Gasteiger partial charge in [-0.3, -0.25) is 4.79 Å². The van der Waals surface area contributed by atoms with Crippen molar-refractivity contribution in [2.24, 2.45) is 5.92 Å². The van der Waals surface area contributed by atoms with E-state index in [4.69, 9.17) is 4.74 Å². The lowest BCUT2D eigenvalue weighted by Crippen LogP contribution is -2.33. The van der Waals surface area contributed by atoms with Crippen LogP contribution in [0.15, 0.2) is 23.1 Å². The number of ether oxygens (including phenoxy) is 1. The molecule has 0 radical (unpaired) electrons. The number of nitrogens with one attached hydrogen (secondary N) is 2. The third-order valence-electron chi connectivity index (χ3n) is 5.31. The van der Waals surface area contributed by atoms with Crippen molar-refractivity contribution in [3.05, 3.63) is 51.2 Å². The fourth-order valence-electron chi connectivity index (χ4n) is 3.86. The number of hydrogen-bond donors (Lipinski definition) is 2. The van der Waals surface area contributed by atoms with Gasteiger partial charge in [0.1, 0.15) is 5.56 Å². The Balaban J connectivity index is 1.55. The van der Waals surface area contributed by atoms with Crippen LogP contribution in [0.3, 0.4) is 0 Å². The number of alkyl halides is 3. The van der Waals surface area contributed by atoms with E-state index in [2.05, 4.69) is 10.4 Å². The van der Waals surface area contributed by atoms with Crippen LogP contribution in [0.2, 0.25) is 0 Å². The van der Waals surface area contributed by atoms with Crippen molar-refractivity contribution in [1.82, 2.24) is 15.5 Å². The summed E-state index contributed by atoms with van der Waals surface area (Å²) in [5, 5.41) is 8.59. The van der Waals surface area contributed by atoms with Crippen molar-refractivity contribution >= 4 is 5.69 Å². The number of halogens is 4. The van der Waals surface area contributed by atoms with Gasteiger partial charge < -0.3 is 15.0 Å². The fourth-order valence-corrected chi connectivity index (χ4v) is 3.86. The Morgan fingerprint density at radius 3 is 2.69 bits per heavy atom. The van der Waals surface area contributed by atoms with Gasteiger partial charge in [0.2, 0.25) is 0 Å². The van der Waals surface area contributed by atoms with Crippen LogP contribution in [-0.2, 0) is 19.3 Å². The molecule has 29 heavy (non-hydrogen) atoms. The maximum atomic E-state index is 14.5.